The summed E-state index contributed by atoms with van der Waals surface area (Å²) >= 11 is 8.71. The van der Waals surface area contributed by atoms with Crippen LogP contribution in [0.25, 0.3) is 0 Å². The monoisotopic (exact) mass is 671 g/mol. The number of nitrogens with one attached hydrogen (secondary N) is 3. The van der Waals surface area contributed by atoms with Gasteiger partial charge in [0.2, 0.25) is 5.88 Å². The van der Waals surface area contributed by atoms with E-state index < -0.39 is 15.9 Å². The van der Waals surface area contributed by atoms with Crippen LogP contribution >= 0.6 is 28.1 Å². The lowest BCUT2D eigenvalue weighted by molar-refractivity contribution is 0.0973. The van der Waals surface area contributed by atoms with Crippen LogP contribution in [0.4, 0.5) is 11.5 Å². The van der Waals surface area contributed by atoms with Crippen molar-refractivity contribution in [2.45, 2.75) is 11.3 Å². The lowest BCUT2D eigenvalue weighted by Crippen LogP contribution is -2.34. The number of sulfonamides is 1. The Kier molecular flexibility index (Phi) is 10.3. The van der Waals surface area contributed by atoms with Crippen LogP contribution in [0, 0.1) is 0 Å². The molecule has 0 bridgehead atoms. The smallest absolute Gasteiger partial charge is 0.321 e. The highest BCUT2D eigenvalue weighted by Gasteiger charge is 2.18. The number of nitrogens with zero attached hydrogens (tertiary/aromatic N) is 2. The molecule has 0 aliphatic rings. The van der Waals surface area contributed by atoms with Crippen molar-refractivity contribution >= 4 is 60.7 Å². The first-order chi connectivity index (χ1) is 20.2. The zero-order valence-corrected chi connectivity index (χ0v) is 25.7. The number of hydrogen-bond donors (Lipinski definition) is 3. The molecule has 1 aromatic heterocycles. The zero-order valence-electron chi connectivity index (χ0n) is 22.5. The summed E-state index contributed by atoms with van der Waals surface area (Å²) in [5, 5.41) is 5.53. The quantitative estimate of drug-likeness (QED) is 0.190. The van der Waals surface area contributed by atoms with Crippen LogP contribution in [0.5, 0.6) is 17.6 Å². The fourth-order valence-electron chi connectivity index (χ4n) is 3.63. The Balaban J connectivity index is 1.37. The van der Waals surface area contributed by atoms with E-state index in [0.29, 0.717) is 34.5 Å². The maximum atomic E-state index is 13.0. The van der Waals surface area contributed by atoms with E-state index in [-0.39, 0.29) is 27.7 Å². The number of thiocarbonyl (C=S) groups is 1. The summed E-state index contributed by atoms with van der Waals surface area (Å²) in [5.74, 6) is 0.0437. The SMILES string of the molecule is COc1cc(NS(=O)(=O)c2ccc(NC(=S)NC(=O)c3cc(Br)ccc3OCCc3ccccc3)cc2)nc(OC)n1. The highest BCUT2D eigenvalue weighted by Crippen LogP contribution is 2.24. The average Bonchev–Trinajstić information content (AvgIpc) is 2.98. The number of amides is 1. The highest BCUT2D eigenvalue weighted by molar-refractivity contribution is 9.10. The standard InChI is InChI=1S/C28H26BrN5O6S2/c1-38-25-17-24(31-27(32-25)39-2)34-42(36,37)21-11-9-20(10-12-21)30-28(41)33-26(35)22-16-19(29)8-13-23(22)40-15-14-18-6-4-3-5-7-18/h3-13,16-17H,14-15H2,1-2H3,(H,31,32,34)(H2,30,33,35,41). The van der Waals surface area contributed by atoms with Crippen LogP contribution in [0.3, 0.4) is 0 Å². The van der Waals surface area contributed by atoms with Gasteiger partial charge in [-0.3, -0.25) is 14.8 Å². The number of halogens is 1. The van der Waals surface area contributed by atoms with Crippen molar-refractivity contribution < 1.29 is 27.4 Å². The van der Waals surface area contributed by atoms with Crippen LogP contribution < -0.4 is 29.6 Å². The summed E-state index contributed by atoms with van der Waals surface area (Å²) in [7, 11) is -1.26. The van der Waals surface area contributed by atoms with Gasteiger partial charge in [0, 0.05) is 22.6 Å². The molecule has 0 saturated carbocycles. The van der Waals surface area contributed by atoms with Crippen molar-refractivity contribution in [3.8, 4) is 17.6 Å². The van der Waals surface area contributed by atoms with Crippen LogP contribution in [-0.4, -0.2) is 50.2 Å². The van der Waals surface area contributed by atoms with E-state index >= 15 is 0 Å². The number of methoxy groups -OCH3 is 2. The van der Waals surface area contributed by atoms with Gasteiger partial charge >= 0.3 is 6.01 Å². The van der Waals surface area contributed by atoms with Crippen molar-refractivity contribution in [3.63, 3.8) is 0 Å². The van der Waals surface area contributed by atoms with Gasteiger partial charge in [-0.05, 0) is 60.2 Å². The molecule has 0 spiro atoms. The van der Waals surface area contributed by atoms with Crippen molar-refractivity contribution in [1.29, 1.82) is 0 Å². The number of benzene rings is 3. The van der Waals surface area contributed by atoms with Gasteiger partial charge in [-0.2, -0.15) is 9.97 Å². The molecule has 4 rings (SSSR count). The van der Waals surface area contributed by atoms with Crippen LogP contribution in [0.15, 0.2) is 88.2 Å². The number of carbonyl (C=O) groups excluding carboxylic acids is 1. The molecular formula is C28H26BrN5O6S2. The minimum atomic E-state index is -4.00. The number of carbonyl (C=O) groups is 1. The maximum Gasteiger partial charge on any atom is 0.321 e. The Labute approximate surface area is 256 Å². The Morgan fingerprint density at radius 1 is 0.952 bits per heavy atom. The van der Waals surface area contributed by atoms with Crippen LogP contribution in [0.2, 0.25) is 0 Å². The highest BCUT2D eigenvalue weighted by atomic mass is 79.9. The minimum absolute atomic E-state index is 0.0177. The summed E-state index contributed by atoms with van der Waals surface area (Å²) < 4.78 is 44.7. The first kappa shape index (κ1) is 30.7. The van der Waals surface area contributed by atoms with Gasteiger partial charge in [0.15, 0.2) is 10.9 Å². The van der Waals surface area contributed by atoms with E-state index in [2.05, 4.69) is 41.3 Å². The third-order valence-electron chi connectivity index (χ3n) is 5.64. The molecule has 3 N–H and O–H groups in total. The molecule has 0 fully saturated rings. The largest absolute Gasteiger partial charge is 0.492 e. The summed E-state index contributed by atoms with van der Waals surface area (Å²) in [5.41, 5.74) is 1.88. The molecule has 0 atom stereocenters. The molecule has 0 radical (unpaired) electrons. The Morgan fingerprint density at radius 2 is 1.69 bits per heavy atom. The topological polar surface area (TPSA) is 141 Å². The van der Waals surface area contributed by atoms with Gasteiger partial charge in [-0.1, -0.05) is 46.3 Å². The predicted molar refractivity (Wildman–Crippen MR) is 166 cm³/mol. The molecule has 14 heteroatoms. The summed E-state index contributed by atoms with van der Waals surface area (Å²) in [4.78, 5) is 20.9. The van der Waals surface area contributed by atoms with Gasteiger partial charge < -0.3 is 19.5 Å². The van der Waals surface area contributed by atoms with Crippen molar-refractivity contribution in [1.82, 2.24) is 15.3 Å². The van der Waals surface area contributed by atoms with Crippen LogP contribution in [-0.2, 0) is 16.4 Å². The van der Waals surface area contributed by atoms with E-state index in [1.54, 1.807) is 18.2 Å². The van der Waals surface area contributed by atoms with Crippen molar-refractivity contribution in [3.05, 3.63) is 94.5 Å². The summed E-state index contributed by atoms with van der Waals surface area (Å²) in [6, 6.07) is 22.0. The molecule has 1 heterocycles. The second-order valence-electron chi connectivity index (χ2n) is 8.54. The van der Waals surface area contributed by atoms with E-state index in [0.717, 1.165) is 5.56 Å². The second-order valence-corrected chi connectivity index (χ2v) is 11.6. The normalized spacial score (nSPS) is 10.8. The molecule has 0 saturated heterocycles. The number of ether oxygens (including phenoxy) is 3. The molecule has 0 aliphatic carbocycles. The predicted octanol–water partition coefficient (Wildman–Crippen LogP) is 4.81. The van der Waals surface area contributed by atoms with Crippen LogP contribution in [0.1, 0.15) is 15.9 Å². The third kappa shape index (κ3) is 8.38. The Hall–Kier alpha value is -4.27. The average molecular weight is 673 g/mol. The van der Waals surface area contributed by atoms with Gasteiger partial charge in [-0.25, -0.2) is 8.42 Å². The molecule has 0 unspecified atom stereocenters. The first-order valence-electron chi connectivity index (χ1n) is 12.4. The van der Waals surface area contributed by atoms with Crippen molar-refractivity contribution in [2.75, 3.05) is 30.9 Å². The van der Waals surface area contributed by atoms with E-state index in [1.807, 2.05) is 30.3 Å². The molecule has 1 amide bonds. The molecule has 3 aromatic carbocycles. The molecule has 4 aromatic rings. The number of anilines is 2. The molecule has 11 nitrogen and oxygen atoms in total. The number of hydrogen-bond acceptors (Lipinski definition) is 9. The fourth-order valence-corrected chi connectivity index (χ4v) is 5.19. The molecular weight excluding hydrogens is 646 g/mol. The summed E-state index contributed by atoms with van der Waals surface area (Å²) in [6.07, 6.45) is 0.681. The van der Waals surface area contributed by atoms with Gasteiger partial charge in [0.05, 0.1) is 31.3 Å². The van der Waals surface area contributed by atoms with Gasteiger partial charge in [0.1, 0.15) is 5.75 Å². The Bertz CT molecular complexity index is 1650. The maximum absolute atomic E-state index is 13.0. The summed E-state index contributed by atoms with van der Waals surface area (Å²) in [6.45, 7) is 0.386. The second kappa shape index (κ2) is 14.1. The first-order valence-corrected chi connectivity index (χ1v) is 15.0. The lowest BCUT2D eigenvalue weighted by Gasteiger charge is -2.14. The van der Waals surface area contributed by atoms with Crippen molar-refractivity contribution in [2.24, 2.45) is 0 Å². The molecule has 0 aliphatic heterocycles. The Morgan fingerprint density at radius 3 is 2.38 bits per heavy atom. The van der Waals surface area contributed by atoms with Gasteiger partial charge in [0.25, 0.3) is 15.9 Å². The number of aromatic nitrogens is 2. The zero-order chi connectivity index (χ0) is 30.1. The van der Waals surface area contributed by atoms with E-state index in [1.165, 1.54) is 44.6 Å². The minimum Gasteiger partial charge on any atom is -0.492 e. The van der Waals surface area contributed by atoms with E-state index in [4.69, 9.17) is 26.4 Å². The third-order valence-corrected chi connectivity index (χ3v) is 7.71. The fraction of sp³-hybridized carbons (Fsp3) is 0.143. The molecule has 218 valence electrons. The van der Waals surface area contributed by atoms with E-state index in [9.17, 15) is 13.2 Å². The lowest BCUT2D eigenvalue weighted by atomic mass is 10.1. The van der Waals surface area contributed by atoms with Gasteiger partial charge in [-0.15, -0.1) is 0 Å². The number of rotatable bonds is 11. The molecule has 42 heavy (non-hydrogen) atoms.